The Labute approximate surface area is 265 Å². The molecule has 0 bridgehead atoms. The van der Waals surface area contributed by atoms with Crippen LogP contribution in [-0.4, -0.2) is 78.5 Å². The molecular formula is C35H43N7O3. The third kappa shape index (κ3) is 5.59. The fourth-order valence-electron chi connectivity index (χ4n) is 6.94. The number of rotatable bonds is 11. The Morgan fingerprint density at radius 1 is 0.978 bits per heavy atom. The van der Waals surface area contributed by atoms with Gasteiger partial charge in [-0.25, -0.2) is 4.98 Å². The predicted octanol–water partition coefficient (Wildman–Crippen LogP) is 5.42. The standard InChI is InChI=1S/C35H43N7O3/c1-7-17-36-33-29-34(42(18-8-2)22-37-29)39-35(38-33)41-19-15-25(16-20-41)40(3)30-26-12-10-9-11-23(26)13-14-24-21-27(43-4)31(44-5)32(45-6)28(24)30/h7-12,21-22,25,30H,1-2,13-20H2,3-6H3,(H,36,38,39). The summed E-state index contributed by atoms with van der Waals surface area (Å²) in [5, 5.41) is 3.36. The molecule has 0 amide bonds. The largest absolute Gasteiger partial charge is 0.493 e. The molecule has 3 heterocycles. The lowest BCUT2D eigenvalue weighted by molar-refractivity contribution is 0.166. The lowest BCUT2D eigenvalue weighted by Crippen LogP contribution is -2.45. The van der Waals surface area contributed by atoms with Crippen molar-refractivity contribution in [3.05, 3.63) is 84.2 Å². The molecule has 1 aliphatic carbocycles. The Morgan fingerprint density at radius 2 is 1.73 bits per heavy atom. The van der Waals surface area contributed by atoms with Gasteiger partial charge in [0.15, 0.2) is 28.5 Å². The Bertz CT molecular complexity index is 1690. The van der Waals surface area contributed by atoms with E-state index < -0.39 is 0 Å². The van der Waals surface area contributed by atoms with Gasteiger partial charge in [-0.3, -0.25) is 4.90 Å². The highest BCUT2D eigenvalue weighted by atomic mass is 16.5. The smallest absolute Gasteiger partial charge is 0.229 e. The van der Waals surface area contributed by atoms with Gasteiger partial charge in [0.1, 0.15) is 0 Å². The number of methoxy groups -OCH3 is 3. The summed E-state index contributed by atoms with van der Waals surface area (Å²) in [6.45, 7) is 10.6. The van der Waals surface area contributed by atoms with Crippen LogP contribution in [0.3, 0.4) is 0 Å². The van der Waals surface area contributed by atoms with Gasteiger partial charge in [0.2, 0.25) is 11.7 Å². The van der Waals surface area contributed by atoms with E-state index in [0.29, 0.717) is 36.6 Å². The van der Waals surface area contributed by atoms with Gasteiger partial charge in [-0.15, -0.1) is 13.2 Å². The number of aryl methyl sites for hydroxylation is 2. The number of fused-ring (bicyclic) bond motifs is 3. The molecule has 6 rings (SSSR count). The summed E-state index contributed by atoms with van der Waals surface area (Å²) in [7, 11) is 7.33. The molecular weight excluding hydrogens is 566 g/mol. The molecule has 1 N–H and O–H groups in total. The van der Waals surface area contributed by atoms with Gasteiger partial charge in [0.05, 0.1) is 33.7 Å². The number of allylic oxidation sites excluding steroid dienone is 1. The van der Waals surface area contributed by atoms with Crippen LogP contribution in [0.15, 0.2) is 62.0 Å². The molecule has 0 radical (unpaired) electrons. The van der Waals surface area contributed by atoms with Gasteiger partial charge in [-0.2, -0.15) is 9.97 Å². The number of nitrogens with one attached hydrogen (secondary N) is 1. The highest BCUT2D eigenvalue weighted by Gasteiger charge is 2.37. The first-order valence-electron chi connectivity index (χ1n) is 15.6. The molecule has 2 aliphatic rings. The van der Waals surface area contributed by atoms with Crippen LogP contribution in [0, 0.1) is 0 Å². The van der Waals surface area contributed by atoms with Crippen molar-refractivity contribution in [2.24, 2.45) is 0 Å². The quantitative estimate of drug-likeness (QED) is 0.224. The molecule has 2 aromatic carbocycles. The average molecular weight is 610 g/mol. The maximum atomic E-state index is 6.10. The van der Waals surface area contributed by atoms with Crippen LogP contribution in [-0.2, 0) is 19.4 Å². The van der Waals surface area contributed by atoms with Gasteiger partial charge >= 0.3 is 0 Å². The van der Waals surface area contributed by atoms with Crippen molar-refractivity contribution in [3.63, 3.8) is 0 Å². The number of hydrogen-bond acceptors (Lipinski definition) is 9. The van der Waals surface area contributed by atoms with Crippen molar-refractivity contribution in [1.82, 2.24) is 24.4 Å². The molecule has 2 aromatic heterocycles. The van der Waals surface area contributed by atoms with Crippen LogP contribution in [0.25, 0.3) is 11.2 Å². The third-order valence-electron chi connectivity index (χ3n) is 9.16. The number of ether oxygens (including phenoxy) is 3. The second-order valence-corrected chi connectivity index (χ2v) is 11.6. The highest BCUT2D eigenvalue weighted by Crippen LogP contribution is 2.50. The average Bonchev–Trinajstić information content (AvgIpc) is 3.41. The summed E-state index contributed by atoms with van der Waals surface area (Å²) in [5.41, 5.74) is 6.62. The van der Waals surface area contributed by atoms with Crippen LogP contribution < -0.4 is 24.4 Å². The van der Waals surface area contributed by atoms with Crippen molar-refractivity contribution in [1.29, 1.82) is 0 Å². The first-order valence-corrected chi connectivity index (χ1v) is 15.6. The van der Waals surface area contributed by atoms with Crippen LogP contribution in [0.4, 0.5) is 11.8 Å². The summed E-state index contributed by atoms with van der Waals surface area (Å²) in [5.74, 6) is 3.51. The van der Waals surface area contributed by atoms with Gasteiger partial charge in [-0.05, 0) is 55.5 Å². The van der Waals surface area contributed by atoms with E-state index >= 15 is 0 Å². The molecule has 0 saturated carbocycles. The van der Waals surface area contributed by atoms with Crippen LogP contribution in [0.5, 0.6) is 17.2 Å². The third-order valence-corrected chi connectivity index (χ3v) is 9.16. The second-order valence-electron chi connectivity index (χ2n) is 11.6. The fourth-order valence-corrected chi connectivity index (χ4v) is 6.94. The molecule has 1 aliphatic heterocycles. The van der Waals surface area contributed by atoms with Crippen molar-refractivity contribution in [2.75, 3.05) is 58.2 Å². The lowest BCUT2D eigenvalue weighted by Gasteiger charge is -2.41. The first-order chi connectivity index (χ1) is 22.0. The normalized spacial score (nSPS) is 16.6. The molecule has 1 fully saturated rings. The minimum Gasteiger partial charge on any atom is -0.493 e. The Morgan fingerprint density at radius 3 is 2.44 bits per heavy atom. The van der Waals surface area contributed by atoms with Crippen molar-refractivity contribution >= 4 is 22.9 Å². The Hall–Kier alpha value is -4.57. The van der Waals surface area contributed by atoms with E-state index in [1.54, 1.807) is 27.7 Å². The number of imidazole rings is 1. The van der Waals surface area contributed by atoms with Crippen LogP contribution >= 0.6 is 0 Å². The zero-order chi connectivity index (χ0) is 31.5. The minimum absolute atomic E-state index is 0.000525. The maximum absolute atomic E-state index is 6.10. The Kier molecular flexibility index (Phi) is 8.93. The molecule has 45 heavy (non-hydrogen) atoms. The lowest BCUT2D eigenvalue weighted by atomic mass is 9.89. The SMILES string of the molecule is C=CCNc1nc(N2CCC(N(C)C3c4ccccc4CCc4cc(OC)c(OC)c(OC)c43)CC2)nc2c1ncn2CC=C. The summed E-state index contributed by atoms with van der Waals surface area (Å²) >= 11 is 0. The number of nitrogens with zero attached hydrogens (tertiary/aromatic N) is 6. The molecule has 0 spiro atoms. The van der Waals surface area contributed by atoms with E-state index in [9.17, 15) is 0 Å². The molecule has 236 valence electrons. The van der Waals surface area contributed by atoms with E-state index in [2.05, 4.69) is 70.6 Å². The minimum atomic E-state index is 0.000525. The molecule has 1 unspecified atom stereocenters. The van der Waals surface area contributed by atoms with Gasteiger partial charge in [0, 0.05) is 37.8 Å². The molecule has 10 nitrogen and oxygen atoms in total. The summed E-state index contributed by atoms with van der Waals surface area (Å²) in [6.07, 6.45) is 9.25. The van der Waals surface area contributed by atoms with Crippen LogP contribution in [0.2, 0.25) is 0 Å². The van der Waals surface area contributed by atoms with Gasteiger partial charge in [-0.1, -0.05) is 36.4 Å². The molecule has 10 heteroatoms. The number of hydrogen-bond donors (Lipinski definition) is 1. The fraction of sp³-hybridized carbons (Fsp3) is 0.400. The van der Waals surface area contributed by atoms with Crippen LogP contribution in [0.1, 0.15) is 41.1 Å². The molecule has 1 atom stereocenters. The summed E-state index contributed by atoms with van der Waals surface area (Å²) < 4.78 is 19.7. The zero-order valence-electron chi connectivity index (χ0n) is 26.8. The van der Waals surface area contributed by atoms with Gasteiger partial charge < -0.3 is 29.0 Å². The van der Waals surface area contributed by atoms with E-state index in [-0.39, 0.29) is 6.04 Å². The summed E-state index contributed by atoms with van der Waals surface area (Å²) in [6, 6.07) is 11.3. The van der Waals surface area contributed by atoms with E-state index in [0.717, 1.165) is 67.1 Å². The molecule has 4 aromatic rings. The first kappa shape index (κ1) is 30.5. The number of benzene rings is 2. The summed E-state index contributed by atoms with van der Waals surface area (Å²) in [4.78, 5) is 19.3. The topological polar surface area (TPSA) is 89.8 Å². The number of anilines is 2. The van der Waals surface area contributed by atoms with Crippen molar-refractivity contribution < 1.29 is 14.2 Å². The maximum Gasteiger partial charge on any atom is 0.229 e. The highest BCUT2D eigenvalue weighted by molar-refractivity contribution is 5.84. The zero-order valence-corrected chi connectivity index (χ0v) is 26.8. The predicted molar refractivity (Wildman–Crippen MR) is 179 cm³/mol. The number of aromatic nitrogens is 4. The number of piperidine rings is 1. The van der Waals surface area contributed by atoms with E-state index in [1.165, 1.54) is 16.7 Å². The Balaban J connectivity index is 1.32. The van der Waals surface area contributed by atoms with E-state index in [4.69, 9.17) is 24.2 Å². The molecule has 1 saturated heterocycles. The van der Waals surface area contributed by atoms with Crippen molar-refractivity contribution in [3.8, 4) is 17.2 Å². The second kappa shape index (κ2) is 13.2. The van der Waals surface area contributed by atoms with Gasteiger partial charge in [0.25, 0.3) is 0 Å². The van der Waals surface area contributed by atoms with E-state index in [1.807, 2.05) is 16.7 Å². The monoisotopic (exact) mass is 609 g/mol. The van der Waals surface area contributed by atoms with Crippen molar-refractivity contribution in [2.45, 2.75) is 44.3 Å².